The average Bonchev–Trinajstić information content (AvgIpc) is 3.25. The van der Waals surface area contributed by atoms with Gasteiger partial charge in [-0.3, -0.25) is 9.59 Å². The van der Waals surface area contributed by atoms with Crippen LogP contribution in [0, 0.1) is 5.82 Å². The van der Waals surface area contributed by atoms with Crippen LogP contribution >= 0.6 is 11.3 Å². The predicted octanol–water partition coefficient (Wildman–Crippen LogP) is 4.63. The minimum Gasteiger partial charge on any atom is -0.347 e. The Kier molecular flexibility index (Phi) is 5.45. The Bertz CT molecular complexity index is 994. The van der Waals surface area contributed by atoms with E-state index in [0.29, 0.717) is 17.0 Å². The third kappa shape index (κ3) is 4.22. The lowest BCUT2D eigenvalue weighted by atomic mass is 9.71. The van der Waals surface area contributed by atoms with E-state index in [1.165, 1.54) is 23.5 Å². The van der Waals surface area contributed by atoms with Gasteiger partial charge in [-0.15, -0.1) is 11.3 Å². The maximum absolute atomic E-state index is 13.2. The fourth-order valence-corrected chi connectivity index (χ4v) is 4.17. The lowest BCUT2D eigenvalue weighted by molar-refractivity contribution is 0.0822. The van der Waals surface area contributed by atoms with Gasteiger partial charge in [0.15, 0.2) is 0 Å². The second-order valence-electron chi connectivity index (χ2n) is 7.25. The molecule has 0 aliphatic heterocycles. The minimum absolute atomic E-state index is 0.104. The van der Waals surface area contributed by atoms with Gasteiger partial charge < -0.3 is 10.6 Å². The summed E-state index contributed by atoms with van der Waals surface area (Å²) < 4.78 is 13.2. The molecule has 1 aliphatic rings. The monoisotopic (exact) mass is 408 g/mol. The zero-order valence-corrected chi connectivity index (χ0v) is 16.6. The molecule has 4 rings (SSSR count). The van der Waals surface area contributed by atoms with Crippen LogP contribution in [0.1, 0.15) is 50.4 Å². The van der Waals surface area contributed by atoms with Crippen LogP contribution in [0.15, 0.2) is 66.0 Å². The van der Waals surface area contributed by atoms with Crippen molar-refractivity contribution in [3.05, 3.63) is 93.4 Å². The summed E-state index contributed by atoms with van der Waals surface area (Å²) in [5.41, 5.74) is 2.00. The molecule has 4 nitrogen and oxygen atoms in total. The highest BCUT2D eigenvalue weighted by atomic mass is 32.1. The molecule has 1 heterocycles. The number of carbonyl (C=O) groups excluding carboxylic acids is 2. The first-order valence-corrected chi connectivity index (χ1v) is 10.4. The van der Waals surface area contributed by atoms with E-state index in [1.807, 2.05) is 23.6 Å². The van der Waals surface area contributed by atoms with Crippen molar-refractivity contribution in [3.8, 4) is 0 Å². The number of carbonyl (C=O) groups is 2. The second-order valence-corrected chi connectivity index (χ2v) is 8.20. The Balaban J connectivity index is 1.39. The highest BCUT2D eigenvalue weighted by Gasteiger charge is 2.40. The number of rotatable bonds is 6. The van der Waals surface area contributed by atoms with Crippen molar-refractivity contribution < 1.29 is 14.0 Å². The number of hydrogen-bond donors (Lipinski definition) is 2. The van der Waals surface area contributed by atoms with Gasteiger partial charge in [-0.25, -0.2) is 4.39 Å². The zero-order valence-electron chi connectivity index (χ0n) is 15.8. The second kappa shape index (κ2) is 8.17. The lowest BCUT2D eigenvalue weighted by Gasteiger charge is -2.43. The summed E-state index contributed by atoms with van der Waals surface area (Å²) in [5, 5.41) is 7.88. The fraction of sp³-hybridized carbons (Fsp3) is 0.217. The van der Waals surface area contributed by atoms with Crippen LogP contribution in [0.4, 0.5) is 4.39 Å². The van der Waals surface area contributed by atoms with Crippen molar-refractivity contribution in [1.29, 1.82) is 0 Å². The molecule has 0 bridgehead atoms. The van der Waals surface area contributed by atoms with Gasteiger partial charge in [0.05, 0.1) is 10.4 Å². The third-order valence-electron chi connectivity index (χ3n) is 5.37. The Labute approximate surface area is 172 Å². The minimum atomic E-state index is -0.419. The van der Waals surface area contributed by atoms with Gasteiger partial charge in [-0.1, -0.05) is 30.3 Å². The van der Waals surface area contributed by atoms with E-state index >= 15 is 0 Å². The molecule has 0 saturated heterocycles. The topological polar surface area (TPSA) is 58.2 Å². The van der Waals surface area contributed by atoms with E-state index in [-0.39, 0.29) is 17.6 Å². The molecule has 2 amide bonds. The van der Waals surface area contributed by atoms with Crippen LogP contribution in [0.5, 0.6) is 0 Å². The Morgan fingerprint density at radius 3 is 2.28 bits per heavy atom. The van der Waals surface area contributed by atoms with Crippen LogP contribution in [-0.4, -0.2) is 11.8 Å². The van der Waals surface area contributed by atoms with Crippen molar-refractivity contribution in [2.24, 2.45) is 0 Å². The molecule has 0 atom stereocenters. The van der Waals surface area contributed by atoms with Crippen LogP contribution in [0.2, 0.25) is 0 Å². The Morgan fingerprint density at radius 1 is 0.966 bits per heavy atom. The predicted molar refractivity (Wildman–Crippen MR) is 111 cm³/mol. The molecular weight excluding hydrogens is 387 g/mol. The van der Waals surface area contributed by atoms with Crippen LogP contribution in [-0.2, 0) is 12.1 Å². The highest BCUT2D eigenvalue weighted by molar-refractivity contribution is 7.12. The van der Waals surface area contributed by atoms with Crippen molar-refractivity contribution in [1.82, 2.24) is 10.6 Å². The molecule has 1 saturated carbocycles. The normalized spacial score (nSPS) is 14.7. The quantitative estimate of drug-likeness (QED) is 0.625. The first-order chi connectivity index (χ1) is 14.1. The molecule has 0 unspecified atom stereocenters. The maximum Gasteiger partial charge on any atom is 0.261 e. The summed E-state index contributed by atoms with van der Waals surface area (Å²) >= 11 is 1.40. The molecule has 1 aromatic heterocycles. The Morgan fingerprint density at radius 2 is 1.69 bits per heavy atom. The number of amides is 2. The van der Waals surface area contributed by atoms with E-state index in [4.69, 9.17) is 0 Å². The van der Waals surface area contributed by atoms with E-state index < -0.39 is 5.54 Å². The SMILES string of the molecule is O=C(NC1(c2ccc(F)cc2)CCC1)c1ccc(CNC(=O)c2cccs2)cc1. The van der Waals surface area contributed by atoms with E-state index in [2.05, 4.69) is 10.6 Å². The van der Waals surface area contributed by atoms with Crippen LogP contribution in [0.25, 0.3) is 0 Å². The van der Waals surface area contributed by atoms with Gasteiger partial charge >= 0.3 is 0 Å². The molecule has 1 aliphatic carbocycles. The van der Waals surface area contributed by atoms with E-state index in [1.54, 1.807) is 30.3 Å². The molecule has 0 spiro atoms. The molecule has 29 heavy (non-hydrogen) atoms. The summed E-state index contributed by atoms with van der Waals surface area (Å²) in [7, 11) is 0. The largest absolute Gasteiger partial charge is 0.347 e. The van der Waals surface area contributed by atoms with E-state index in [0.717, 1.165) is 30.4 Å². The molecule has 6 heteroatoms. The summed E-state index contributed by atoms with van der Waals surface area (Å²) in [6.07, 6.45) is 2.72. The summed E-state index contributed by atoms with van der Waals surface area (Å²) in [6.45, 7) is 0.401. The van der Waals surface area contributed by atoms with Gasteiger partial charge in [0, 0.05) is 12.1 Å². The van der Waals surface area contributed by atoms with Crippen molar-refractivity contribution in [3.63, 3.8) is 0 Å². The zero-order chi connectivity index (χ0) is 20.3. The summed E-state index contributed by atoms with van der Waals surface area (Å²) in [6, 6.07) is 17.2. The van der Waals surface area contributed by atoms with E-state index in [9.17, 15) is 14.0 Å². The highest BCUT2D eigenvalue weighted by Crippen LogP contribution is 2.41. The summed E-state index contributed by atoms with van der Waals surface area (Å²) in [5.74, 6) is -0.535. The first-order valence-electron chi connectivity index (χ1n) is 9.55. The number of thiophene rings is 1. The van der Waals surface area contributed by atoms with Gasteiger partial charge in [0.25, 0.3) is 11.8 Å². The molecule has 148 valence electrons. The fourth-order valence-electron chi connectivity index (χ4n) is 3.53. The molecule has 2 aromatic carbocycles. The van der Waals surface area contributed by atoms with Gasteiger partial charge in [-0.2, -0.15) is 0 Å². The van der Waals surface area contributed by atoms with Crippen LogP contribution in [0.3, 0.4) is 0 Å². The molecule has 3 aromatic rings. The van der Waals surface area contributed by atoms with Gasteiger partial charge in [0.1, 0.15) is 5.82 Å². The molecule has 0 radical (unpaired) electrons. The number of hydrogen-bond acceptors (Lipinski definition) is 3. The number of benzene rings is 2. The van der Waals surface area contributed by atoms with Gasteiger partial charge in [0.2, 0.25) is 0 Å². The van der Waals surface area contributed by atoms with Crippen molar-refractivity contribution in [2.75, 3.05) is 0 Å². The molecule has 1 fully saturated rings. The Hall–Kier alpha value is -2.99. The van der Waals surface area contributed by atoms with Crippen molar-refractivity contribution >= 4 is 23.2 Å². The summed E-state index contributed by atoms with van der Waals surface area (Å²) in [4.78, 5) is 25.5. The standard InChI is InChI=1S/C23H21FN2O2S/c24-19-10-8-18(9-11-19)23(12-2-13-23)26-21(27)17-6-4-16(5-7-17)15-25-22(28)20-3-1-14-29-20/h1,3-11,14H,2,12-13,15H2,(H,25,28)(H,26,27). The smallest absolute Gasteiger partial charge is 0.261 e. The van der Waals surface area contributed by atoms with Crippen molar-refractivity contribution in [2.45, 2.75) is 31.3 Å². The first kappa shape index (κ1) is 19.3. The number of nitrogens with one attached hydrogen (secondary N) is 2. The third-order valence-corrected chi connectivity index (χ3v) is 6.24. The van der Waals surface area contributed by atoms with Crippen LogP contribution < -0.4 is 10.6 Å². The molecule has 2 N–H and O–H groups in total. The average molecular weight is 408 g/mol. The lowest BCUT2D eigenvalue weighted by Crippen LogP contribution is -2.50. The number of halogens is 1. The maximum atomic E-state index is 13.2. The van der Waals surface area contributed by atoms with Gasteiger partial charge in [-0.05, 0) is 66.1 Å². The molecular formula is C23H21FN2O2S.